The van der Waals surface area contributed by atoms with Crippen LogP contribution in [0.1, 0.15) is 12.8 Å². The molecule has 30 heavy (non-hydrogen) atoms. The Bertz CT molecular complexity index is 1200. The molecule has 1 aliphatic heterocycles. The molecule has 0 radical (unpaired) electrons. The van der Waals surface area contributed by atoms with Crippen molar-refractivity contribution in [2.75, 3.05) is 31.2 Å². The third-order valence-corrected chi connectivity index (χ3v) is 5.90. The molecule has 0 bridgehead atoms. The number of furan rings is 1. The molecule has 1 saturated carbocycles. The number of hydrogen-bond donors (Lipinski definition) is 1. The molecule has 8 heteroatoms. The zero-order valence-electron chi connectivity index (χ0n) is 16.5. The molecule has 1 aromatic carbocycles. The molecule has 1 aliphatic carbocycles. The minimum Gasteiger partial charge on any atom is -0.473 e. The number of aromatic nitrogens is 3. The lowest BCUT2D eigenvalue weighted by atomic mass is 9.90. The van der Waals surface area contributed by atoms with Gasteiger partial charge in [0.15, 0.2) is 11.4 Å². The van der Waals surface area contributed by atoms with Crippen molar-refractivity contribution in [3.05, 3.63) is 42.6 Å². The SMILES string of the molecule is N[C@H]1C[C@H](Oc2ccc3ncc(-c4cc5c(N6CCOCC6)cccc5o4)n3n2)C1. The van der Waals surface area contributed by atoms with E-state index in [-0.39, 0.29) is 12.1 Å². The summed E-state index contributed by atoms with van der Waals surface area (Å²) in [4.78, 5) is 6.82. The van der Waals surface area contributed by atoms with E-state index < -0.39 is 0 Å². The largest absolute Gasteiger partial charge is 0.473 e. The molecule has 0 unspecified atom stereocenters. The number of nitrogens with zero attached hydrogens (tertiary/aromatic N) is 4. The first kappa shape index (κ1) is 17.7. The summed E-state index contributed by atoms with van der Waals surface area (Å²) in [5.41, 5.74) is 9.42. The first-order valence-corrected chi connectivity index (χ1v) is 10.4. The van der Waals surface area contributed by atoms with Crippen molar-refractivity contribution < 1.29 is 13.9 Å². The molecule has 2 N–H and O–H groups in total. The van der Waals surface area contributed by atoms with E-state index in [1.54, 1.807) is 10.7 Å². The number of fused-ring (bicyclic) bond motifs is 2. The number of ether oxygens (including phenoxy) is 2. The lowest BCUT2D eigenvalue weighted by Crippen LogP contribution is -2.43. The average molecular weight is 405 g/mol. The number of benzene rings is 1. The van der Waals surface area contributed by atoms with E-state index in [1.165, 1.54) is 0 Å². The van der Waals surface area contributed by atoms with E-state index in [0.29, 0.717) is 5.88 Å². The molecule has 0 amide bonds. The van der Waals surface area contributed by atoms with E-state index in [0.717, 1.165) is 72.9 Å². The van der Waals surface area contributed by atoms with Crippen LogP contribution in [0.15, 0.2) is 47.0 Å². The van der Waals surface area contributed by atoms with E-state index in [4.69, 9.17) is 19.6 Å². The van der Waals surface area contributed by atoms with Gasteiger partial charge in [0.1, 0.15) is 17.4 Å². The van der Waals surface area contributed by atoms with Crippen molar-refractivity contribution in [2.45, 2.75) is 25.0 Å². The van der Waals surface area contributed by atoms with Crippen molar-refractivity contribution >= 4 is 22.3 Å². The van der Waals surface area contributed by atoms with Crippen molar-refractivity contribution in [1.82, 2.24) is 14.6 Å². The van der Waals surface area contributed by atoms with Crippen LogP contribution in [0.2, 0.25) is 0 Å². The third kappa shape index (κ3) is 3.00. The van der Waals surface area contributed by atoms with Crippen LogP contribution in [0, 0.1) is 0 Å². The summed E-state index contributed by atoms with van der Waals surface area (Å²) < 4.78 is 19.4. The van der Waals surface area contributed by atoms with Crippen LogP contribution in [-0.2, 0) is 4.74 Å². The maximum Gasteiger partial charge on any atom is 0.232 e. The molecule has 0 spiro atoms. The van der Waals surface area contributed by atoms with Crippen LogP contribution < -0.4 is 15.4 Å². The van der Waals surface area contributed by atoms with Crippen LogP contribution in [-0.4, -0.2) is 53.0 Å². The molecule has 0 atom stereocenters. The summed E-state index contributed by atoms with van der Waals surface area (Å²) in [5.74, 6) is 1.30. The van der Waals surface area contributed by atoms with Crippen LogP contribution >= 0.6 is 0 Å². The van der Waals surface area contributed by atoms with Crippen LogP contribution in [0.25, 0.3) is 28.1 Å². The van der Waals surface area contributed by atoms with Crippen molar-refractivity contribution in [2.24, 2.45) is 5.73 Å². The highest BCUT2D eigenvalue weighted by Gasteiger charge is 2.28. The summed E-state index contributed by atoms with van der Waals surface area (Å²) in [5, 5.41) is 5.73. The first-order valence-electron chi connectivity index (χ1n) is 10.4. The molecular weight excluding hydrogens is 382 g/mol. The maximum atomic E-state index is 6.20. The molecular formula is C22H23N5O3. The number of imidazole rings is 1. The lowest BCUT2D eigenvalue weighted by Gasteiger charge is -2.31. The Morgan fingerprint density at radius 2 is 1.97 bits per heavy atom. The van der Waals surface area contributed by atoms with Gasteiger partial charge in [-0.05, 0) is 37.1 Å². The van der Waals surface area contributed by atoms with Gasteiger partial charge in [0.25, 0.3) is 0 Å². The second-order valence-corrected chi connectivity index (χ2v) is 7.96. The average Bonchev–Trinajstić information content (AvgIpc) is 3.36. The summed E-state index contributed by atoms with van der Waals surface area (Å²) in [6.07, 6.45) is 3.66. The Morgan fingerprint density at radius 1 is 1.10 bits per heavy atom. The van der Waals surface area contributed by atoms with Gasteiger partial charge in [-0.2, -0.15) is 0 Å². The number of hydrogen-bond acceptors (Lipinski definition) is 7. The Kier molecular flexibility index (Phi) is 4.14. The van der Waals surface area contributed by atoms with Crippen LogP contribution in [0.4, 0.5) is 5.69 Å². The molecule has 154 valence electrons. The second kappa shape index (κ2) is 7.00. The van der Waals surface area contributed by atoms with Crippen LogP contribution in [0.5, 0.6) is 5.88 Å². The minimum atomic E-state index is 0.138. The Labute approximate surface area is 173 Å². The molecule has 1 saturated heterocycles. The van der Waals surface area contributed by atoms with Gasteiger partial charge in [0.2, 0.25) is 5.88 Å². The zero-order valence-corrected chi connectivity index (χ0v) is 16.5. The second-order valence-electron chi connectivity index (χ2n) is 7.96. The predicted octanol–water partition coefficient (Wildman–Crippen LogP) is 2.85. The topological polar surface area (TPSA) is 91.0 Å². The third-order valence-electron chi connectivity index (χ3n) is 5.90. The van der Waals surface area contributed by atoms with Gasteiger partial charge in [0, 0.05) is 36.3 Å². The Balaban J connectivity index is 1.38. The molecule has 8 nitrogen and oxygen atoms in total. The summed E-state index contributed by atoms with van der Waals surface area (Å²) in [6, 6.07) is 12.2. The predicted molar refractivity (Wildman–Crippen MR) is 113 cm³/mol. The number of rotatable bonds is 4. The fourth-order valence-corrected chi connectivity index (χ4v) is 4.21. The standard InChI is InChI=1S/C22H23N5O3/c23-14-10-15(11-14)29-22-5-4-21-24-13-18(27(21)25-22)20-12-16-17(2-1-3-19(16)30-20)26-6-8-28-9-7-26/h1-5,12-15H,6-11,23H2/t14-,15-. The fourth-order valence-electron chi connectivity index (χ4n) is 4.21. The summed E-state index contributed by atoms with van der Waals surface area (Å²) in [6.45, 7) is 3.24. The van der Waals surface area contributed by atoms with Crippen molar-refractivity contribution in [3.8, 4) is 17.3 Å². The molecule has 3 aromatic heterocycles. The zero-order chi connectivity index (χ0) is 20.1. The first-order chi connectivity index (χ1) is 14.7. The lowest BCUT2D eigenvalue weighted by molar-refractivity contribution is 0.0944. The van der Waals surface area contributed by atoms with E-state index >= 15 is 0 Å². The van der Waals surface area contributed by atoms with E-state index in [9.17, 15) is 0 Å². The Morgan fingerprint density at radius 3 is 2.80 bits per heavy atom. The van der Waals surface area contributed by atoms with Gasteiger partial charge >= 0.3 is 0 Å². The molecule has 4 heterocycles. The fraction of sp³-hybridized carbons (Fsp3) is 0.364. The monoisotopic (exact) mass is 405 g/mol. The van der Waals surface area contributed by atoms with Gasteiger partial charge in [0.05, 0.1) is 19.4 Å². The van der Waals surface area contributed by atoms with Gasteiger partial charge < -0.3 is 24.5 Å². The normalized spacial score (nSPS) is 21.8. The van der Waals surface area contributed by atoms with E-state index in [1.807, 2.05) is 24.3 Å². The highest BCUT2D eigenvalue weighted by Crippen LogP contribution is 2.34. The van der Waals surface area contributed by atoms with Gasteiger partial charge in [-0.1, -0.05) is 6.07 Å². The molecule has 6 rings (SSSR count). The van der Waals surface area contributed by atoms with Crippen molar-refractivity contribution in [1.29, 1.82) is 0 Å². The van der Waals surface area contributed by atoms with Gasteiger partial charge in [-0.15, -0.1) is 5.10 Å². The summed E-state index contributed by atoms with van der Waals surface area (Å²) in [7, 11) is 0. The maximum absolute atomic E-state index is 6.20. The molecule has 2 fully saturated rings. The summed E-state index contributed by atoms with van der Waals surface area (Å²) >= 11 is 0. The number of morpholine rings is 1. The van der Waals surface area contributed by atoms with E-state index in [2.05, 4.69) is 27.1 Å². The highest BCUT2D eigenvalue weighted by molar-refractivity contribution is 5.94. The molecule has 2 aliphatic rings. The van der Waals surface area contributed by atoms with Crippen LogP contribution in [0.3, 0.4) is 0 Å². The van der Waals surface area contributed by atoms with Gasteiger partial charge in [-0.3, -0.25) is 0 Å². The Hall–Kier alpha value is -3.10. The highest BCUT2D eigenvalue weighted by atomic mass is 16.5. The van der Waals surface area contributed by atoms with Crippen molar-refractivity contribution in [3.63, 3.8) is 0 Å². The number of nitrogens with two attached hydrogens (primary N) is 1. The number of anilines is 1. The van der Waals surface area contributed by atoms with Gasteiger partial charge in [-0.25, -0.2) is 9.50 Å². The molecule has 4 aromatic rings. The quantitative estimate of drug-likeness (QED) is 0.558. The minimum absolute atomic E-state index is 0.138. The smallest absolute Gasteiger partial charge is 0.232 e.